The fraction of sp³-hybridized carbons (Fsp3) is 0.211. The molecule has 3 heteroatoms. The fourth-order valence-corrected chi connectivity index (χ4v) is 2.72. The predicted molar refractivity (Wildman–Crippen MR) is 89.8 cm³/mol. The zero-order valence-electron chi connectivity index (χ0n) is 12.8. The smallest absolute Gasteiger partial charge is 0.224 e. The largest absolute Gasteiger partial charge is 0.354 e. The summed E-state index contributed by atoms with van der Waals surface area (Å²) in [5.41, 5.74) is 3.45. The summed E-state index contributed by atoms with van der Waals surface area (Å²) in [7, 11) is 0. The van der Waals surface area contributed by atoms with Gasteiger partial charge in [0.25, 0.3) is 0 Å². The van der Waals surface area contributed by atoms with Gasteiger partial charge in [-0.1, -0.05) is 48.0 Å². The van der Waals surface area contributed by atoms with Gasteiger partial charge in [-0.2, -0.15) is 0 Å². The first-order chi connectivity index (χ1) is 10.7. The van der Waals surface area contributed by atoms with E-state index in [4.69, 9.17) is 0 Å². The number of benzene rings is 2. The van der Waals surface area contributed by atoms with Crippen LogP contribution in [0.1, 0.15) is 11.1 Å². The van der Waals surface area contributed by atoms with Gasteiger partial charge in [0.15, 0.2) is 0 Å². The molecule has 0 bridgehead atoms. The third kappa shape index (κ3) is 3.37. The lowest BCUT2D eigenvalue weighted by Gasteiger charge is -2.08. The summed E-state index contributed by atoms with van der Waals surface area (Å²) in [6.07, 6.45) is 2.51. The number of fused-ring (bicyclic) bond motifs is 1. The summed E-state index contributed by atoms with van der Waals surface area (Å²) < 4.78 is 2.17. The molecule has 1 N–H and O–H groups in total. The summed E-state index contributed by atoms with van der Waals surface area (Å²) in [6.45, 7) is 3.47. The van der Waals surface area contributed by atoms with Crippen molar-refractivity contribution in [1.82, 2.24) is 9.88 Å². The van der Waals surface area contributed by atoms with Gasteiger partial charge in [0.1, 0.15) is 0 Å². The number of aryl methyl sites for hydroxylation is 1. The summed E-state index contributed by atoms with van der Waals surface area (Å²) in [6, 6.07) is 18.5. The molecule has 0 unspecified atom stereocenters. The number of amides is 1. The average molecular weight is 292 g/mol. The van der Waals surface area contributed by atoms with Crippen molar-refractivity contribution in [2.45, 2.75) is 19.9 Å². The van der Waals surface area contributed by atoms with E-state index in [1.807, 2.05) is 37.3 Å². The van der Waals surface area contributed by atoms with E-state index in [0.717, 1.165) is 12.1 Å². The molecule has 1 aromatic heterocycles. The van der Waals surface area contributed by atoms with Crippen molar-refractivity contribution < 1.29 is 4.79 Å². The number of aromatic nitrogens is 1. The molecule has 0 spiro atoms. The van der Waals surface area contributed by atoms with E-state index in [0.29, 0.717) is 13.0 Å². The molecule has 0 aliphatic heterocycles. The van der Waals surface area contributed by atoms with Crippen LogP contribution in [0.2, 0.25) is 0 Å². The summed E-state index contributed by atoms with van der Waals surface area (Å²) in [5, 5.41) is 4.22. The normalized spacial score (nSPS) is 10.8. The van der Waals surface area contributed by atoms with Crippen molar-refractivity contribution in [2.75, 3.05) is 6.54 Å². The van der Waals surface area contributed by atoms with Gasteiger partial charge in [-0.3, -0.25) is 4.79 Å². The van der Waals surface area contributed by atoms with E-state index in [2.05, 4.69) is 40.3 Å². The maximum Gasteiger partial charge on any atom is 0.224 e. The van der Waals surface area contributed by atoms with Crippen molar-refractivity contribution in [3.8, 4) is 0 Å². The van der Waals surface area contributed by atoms with E-state index in [1.165, 1.54) is 16.5 Å². The summed E-state index contributed by atoms with van der Waals surface area (Å²) in [5.74, 6) is 0.0714. The lowest BCUT2D eigenvalue weighted by molar-refractivity contribution is -0.120. The van der Waals surface area contributed by atoms with Crippen LogP contribution in [0, 0.1) is 6.92 Å². The molecule has 1 amide bonds. The highest BCUT2D eigenvalue weighted by Crippen LogP contribution is 2.14. The Morgan fingerprint density at radius 1 is 1.09 bits per heavy atom. The van der Waals surface area contributed by atoms with Gasteiger partial charge >= 0.3 is 0 Å². The molecule has 0 fully saturated rings. The standard InChI is InChI=1S/C19H20N2O/c1-15-5-4-6-16(13-15)14-19(22)20-10-12-21-11-9-17-7-2-3-8-18(17)21/h2-9,11,13H,10,12,14H2,1H3,(H,20,22). The SMILES string of the molecule is Cc1cccc(CC(=O)NCCn2ccc3ccccc32)c1. The Morgan fingerprint density at radius 3 is 2.82 bits per heavy atom. The summed E-state index contributed by atoms with van der Waals surface area (Å²) >= 11 is 0. The molecule has 0 saturated heterocycles. The van der Waals surface area contributed by atoms with Crippen LogP contribution in [0.25, 0.3) is 10.9 Å². The average Bonchev–Trinajstić information content (AvgIpc) is 2.91. The fourth-order valence-electron chi connectivity index (χ4n) is 2.72. The van der Waals surface area contributed by atoms with E-state index in [-0.39, 0.29) is 5.91 Å². The Balaban J connectivity index is 1.53. The molecule has 0 aliphatic carbocycles. The minimum atomic E-state index is 0.0714. The minimum Gasteiger partial charge on any atom is -0.354 e. The Kier molecular flexibility index (Phi) is 4.24. The number of carbonyl (C=O) groups excluding carboxylic acids is 1. The van der Waals surface area contributed by atoms with E-state index >= 15 is 0 Å². The number of nitrogens with zero attached hydrogens (tertiary/aromatic N) is 1. The lowest BCUT2D eigenvalue weighted by atomic mass is 10.1. The summed E-state index contributed by atoms with van der Waals surface area (Å²) in [4.78, 5) is 12.0. The second-order valence-corrected chi connectivity index (χ2v) is 5.58. The molecule has 0 saturated carbocycles. The minimum absolute atomic E-state index is 0.0714. The molecule has 0 radical (unpaired) electrons. The molecule has 0 atom stereocenters. The van der Waals surface area contributed by atoms with Gasteiger partial charge in [-0.05, 0) is 30.0 Å². The number of hydrogen-bond donors (Lipinski definition) is 1. The number of carbonyl (C=O) groups is 1. The van der Waals surface area contributed by atoms with E-state index < -0.39 is 0 Å². The first kappa shape index (κ1) is 14.4. The molecule has 3 nitrogen and oxygen atoms in total. The molecule has 1 heterocycles. The van der Waals surface area contributed by atoms with Crippen LogP contribution in [0.4, 0.5) is 0 Å². The monoisotopic (exact) mass is 292 g/mol. The van der Waals surface area contributed by atoms with Crippen molar-refractivity contribution >= 4 is 16.8 Å². The third-order valence-electron chi connectivity index (χ3n) is 3.80. The van der Waals surface area contributed by atoms with Crippen molar-refractivity contribution in [1.29, 1.82) is 0 Å². The Morgan fingerprint density at radius 2 is 1.95 bits per heavy atom. The van der Waals surface area contributed by atoms with E-state index in [9.17, 15) is 4.79 Å². The van der Waals surface area contributed by atoms with Gasteiger partial charge in [0.2, 0.25) is 5.91 Å². The van der Waals surface area contributed by atoms with Gasteiger partial charge < -0.3 is 9.88 Å². The number of para-hydroxylation sites is 1. The molecule has 22 heavy (non-hydrogen) atoms. The zero-order chi connectivity index (χ0) is 15.4. The number of rotatable bonds is 5. The predicted octanol–water partition coefficient (Wildman–Crippen LogP) is 3.31. The Labute approximate surface area is 130 Å². The van der Waals surface area contributed by atoms with Gasteiger partial charge in [-0.15, -0.1) is 0 Å². The molecule has 2 aromatic carbocycles. The lowest BCUT2D eigenvalue weighted by Crippen LogP contribution is -2.28. The first-order valence-corrected chi connectivity index (χ1v) is 7.58. The highest BCUT2D eigenvalue weighted by atomic mass is 16.1. The number of hydrogen-bond acceptors (Lipinski definition) is 1. The topological polar surface area (TPSA) is 34.0 Å². The van der Waals surface area contributed by atoms with Gasteiger partial charge in [0.05, 0.1) is 6.42 Å². The Bertz CT molecular complexity index is 789. The van der Waals surface area contributed by atoms with Crippen LogP contribution in [0.15, 0.2) is 60.8 Å². The molecule has 3 rings (SSSR count). The quantitative estimate of drug-likeness (QED) is 0.769. The van der Waals surface area contributed by atoms with Crippen LogP contribution >= 0.6 is 0 Å². The van der Waals surface area contributed by atoms with Crippen molar-refractivity contribution in [3.63, 3.8) is 0 Å². The second kappa shape index (κ2) is 6.48. The van der Waals surface area contributed by atoms with Crippen LogP contribution in [0.3, 0.4) is 0 Å². The van der Waals surface area contributed by atoms with Crippen LogP contribution in [0.5, 0.6) is 0 Å². The van der Waals surface area contributed by atoms with Crippen LogP contribution in [-0.2, 0) is 17.8 Å². The zero-order valence-corrected chi connectivity index (χ0v) is 12.8. The Hall–Kier alpha value is -2.55. The molecule has 0 aliphatic rings. The number of nitrogens with one attached hydrogen (secondary N) is 1. The highest BCUT2D eigenvalue weighted by molar-refractivity contribution is 5.80. The van der Waals surface area contributed by atoms with Gasteiger partial charge in [0, 0.05) is 24.8 Å². The first-order valence-electron chi connectivity index (χ1n) is 7.58. The molecule has 112 valence electrons. The van der Waals surface area contributed by atoms with E-state index in [1.54, 1.807) is 0 Å². The highest BCUT2D eigenvalue weighted by Gasteiger charge is 2.04. The third-order valence-corrected chi connectivity index (χ3v) is 3.80. The van der Waals surface area contributed by atoms with Gasteiger partial charge in [-0.25, -0.2) is 0 Å². The second-order valence-electron chi connectivity index (χ2n) is 5.58. The maximum absolute atomic E-state index is 12.0. The van der Waals surface area contributed by atoms with Crippen molar-refractivity contribution in [3.05, 3.63) is 71.9 Å². The maximum atomic E-state index is 12.0. The molecular weight excluding hydrogens is 272 g/mol. The molecule has 3 aromatic rings. The van der Waals surface area contributed by atoms with Crippen molar-refractivity contribution in [2.24, 2.45) is 0 Å². The van der Waals surface area contributed by atoms with Crippen LogP contribution < -0.4 is 5.32 Å². The van der Waals surface area contributed by atoms with Crippen LogP contribution in [-0.4, -0.2) is 17.0 Å². The molecular formula is C19H20N2O.